The third-order valence-electron chi connectivity index (χ3n) is 1.84. The van der Waals surface area contributed by atoms with Crippen LogP contribution in [0.2, 0.25) is 5.15 Å². The second-order valence-electron chi connectivity index (χ2n) is 3.21. The van der Waals surface area contributed by atoms with Crippen LogP contribution >= 0.6 is 11.6 Å². The van der Waals surface area contributed by atoms with E-state index in [0.29, 0.717) is 11.7 Å². The molecule has 0 unspecified atom stereocenters. The van der Waals surface area contributed by atoms with Crippen molar-refractivity contribution in [1.82, 2.24) is 20.2 Å². The van der Waals surface area contributed by atoms with E-state index in [-0.39, 0.29) is 0 Å². The molecule has 0 aliphatic heterocycles. The van der Waals surface area contributed by atoms with E-state index >= 15 is 0 Å². The second kappa shape index (κ2) is 4.09. The summed E-state index contributed by atoms with van der Waals surface area (Å²) in [7, 11) is 5.73. The third kappa shape index (κ3) is 2.43. The molecule has 1 heterocycles. The summed E-state index contributed by atoms with van der Waals surface area (Å²) < 4.78 is 1.68. The number of aryl methyl sites for hydroxylation is 2. The minimum absolute atomic E-state index is 0.701. The number of hydrazine groups is 1. The topological polar surface area (TPSA) is 33.1 Å². The molecule has 0 aliphatic rings. The number of hydrogen-bond donors (Lipinski definition) is 1. The first kappa shape index (κ1) is 10.5. The molecule has 13 heavy (non-hydrogen) atoms. The lowest BCUT2D eigenvalue weighted by molar-refractivity contribution is 0.285. The monoisotopic (exact) mass is 202 g/mol. The van der Waals surface area contributed by atoms with Crippen LogP contribution in [-0.2, 0) is 13.6 Å². The van der Waals surface area contributed by atoms with Crippen LogP contribution in [0.15, 0.2) is 0 Å². The smallest absolute Gasteiger partial charge is 0.131 e. The molecule has 1 aromatic rings. The van der Waals surface area contributed by atoms with Crippen molar-refractivity contribution in [2.45, 2.75) is 13.5 Å². The van der Waals surface area contributed by atoms with E-state index in [1.54, 1.807) is 4.68 Å². The first-order chi connectivity index (χ1) is 6.02. The molecule has 1 N–H and O–H groups in total. The van der Waals surface area contributed by atoms with E-state index in [1.807, 2.05) is 33.1 Å². The van der Waals surface area contributed by atoms with Crippen LogP contribution in [0.25, 0.3) is 0 Å². The Morgan fingerprint density at radius 2 is 2.15 bits per heavy atom. The molecule has 1 rings (SSSR count). The van der Waals surface area contributed by atoms with Gasteiger partial charge in [0, 0.05) is 33.3 Å². The van der Waals surface area contributed by atoms with Crippen molar-refractivity contribution >= 4 is 11.6 Å². The number of nitrogens with one attached hydrogen (secondary N) is 1. The highest BCUT2D eigenvalue weighted by Crippen LogP contribution is 2.17. The van der Waals surface area contributed by atoms with Gasteiger partial charge >= 0.3 is 0 Å². The summed E-state index contributed by atoms with van der Waals surface area (Å²) in [4.78, 5) is 0. The molecule has 0 radical (unpaired) electrons. The highest BCUT2D eigenvalue weighted by atomic mass is 35.5. The van der Waals surface area contributed by atoms with Gasteiger partial charge in [-0.3, -0.25) is 15.1 Å². The lowest BCUT2D eigenvalue weighted by atomic mass is 10.3. The minimum Gasteiger partial charge on any atom is -0.256 e. The first-order valence-corrected chi connectivity index (χ1v) is 4.49. The molecular weight excluding hydrogens is 188 g/mol. The zero-order valence-electron chi connectivity index (χ0n) is 8.43. The predicted octanol–water partition coefficient (Wildman–Crippen LogP) is 0.948. The molecule has 0 fully saturated rings. The van der Waals surface area contributed by atoms with Crippen molar-refractivity contribution in [3.05, 3.63) is 16.4 Å². The molecule has 0 aliphatic carbocycles. The van der Waals surface area contributed by atoms with E-state index < -0.39 is 0 Å². The fourth-order valence-corrected chi connectivity index (χ4v) is 1.35. The van der Waals surface area contributed by atoms with Crippen LogP contribution in [0.4, 0.5) is 0 Å². The summed E-state index contributed by atoms with van der Waals surface area (Å²) in [5, 5.41) is 6.81. The van der Waals surface area contributed by atoms with Crippen LogP contribution in [0.5, 0.6) is 0 Å². The summed E-state index contributed by atoms with van der Waals surface area (Å²) in [6.45, 7) is 2.67. The zero-order valence-corrected chi connectivity index (χ0v) is 9.18. The van der Waals surface area contributed by atoms with Gasteiger partial charge in [-0.2, -0.15) is 5.10 Å². The Hall–Kier alpha value is -0.580. The zero-order chi connectivity index (χ0) is 10.0. The van der Waals surface area contributed by atoms with E-state index in [1.165, 1.54) is 0 Å². The predicted molar refractivity (Wildman–Crippen MR) is 53.5 cm³/mol. The van der Waals surface area contributed by atoms with Crippen LogP contribution in [0.3, 0.4) is 0 Å². The van der Waals surface area contributed by atoms with Gasteiger partial charge in [-0.15, -0.1) is 0 Å². The molecule has 0 atom stereocenters. The normalized spacial score (nSPS) is 11.2. The largest absolute Gasteiger partial charge is 0.256 e. The number of aromatic nitrogens is 2. The Morgan fingerprint density at radius 3 is 2.54 bits per heavy atom. The quantitative estimate of drug-likeness (QED) is 0.741. The minimum atomic E-state index is 0.701. The Balaban J connectivity index is 2.76. The van der Waals surface area contributed by atoms with Crippen LogP contribution < -0.4 is 5.43 Å². The highest BCUT2D eigenvalue weighted by molar-refractivity contribution is 6.30. The maximum Gasteiger partial charge on any atom is 0.131 e. The molecule has 0 saturated heterocycles. The van der Waals surface area contributed by atoms with Gasteiger partial charge in [-0.05, 0) is 6.92 Å². The van der Waals surface area contributed by atoms with Gasteiger partial charge in [-0.1, -0.05) is 11.6 Å². The van der Waals surface area contributed by atoms with Crippen molar-refractivity contribution in [2.75, 3.05) is 14.1 Å². The van der Waals surface area contributed by atoms with Crippen molar-refractivity contribution in [3.8, 4) is 0 Å². The van der Waals surface area contributed by atoms with Gasteiger partial charge in [0.25, 0.3) is 0 Å². The number of nitrogens with zero attached hydrogens (tertiary/aromatic N) is 3. The standard InChI is InChI=1S/C8H15ClN4/c1-6-7(5-10-12(2)3)8(9)13(4)11-6/h10H,5H2,1-4H3. The molecule has 0 saturated carbocycles. The van der Waals surface area contributed by atoms with Gasteiger partial charge in [0.05, 0.1) is 5.69 Å². The summed E-state index contributed by atoms with van der Waals surface area (Å²) >= 11 is 6.04. The number of halogens is 1. The van der Waals surface area contributed by atoms with Gasteiger partial charge in [-0.25, -0.2) is 0 Å². The van der Waals surface area contributed by atoms with Gasteiger partial charge in [0.2, 0.25) is 0 Å². The van der Waals surface area contributed by atoms with E-state index in [9.17, 15) is 0 Å². The third-order valence-corrected chi connectivity index (χ3v) is 2.31. The van der Waals surface area contributed by atoms with Crippen molar-refractivity contribution in [3.63, 3.8) is 0 Å². The fourth-order valence-electron chi connectivity index (χ4n) is 1.11. The molecule has 0 aromatic carbocycles. The van der Waals surface area contributed by atoms with Crippen LogP contribution in [0, 0.1) is 6.92 Å². The van der Waals surface area contributed by atoms with Crippen molar-refractivity contribution < 1.29 is 0 Å². The number of hydrogen-bond acceptors (Lipinski definition) is 3. The molecule has 0 amide bonds. The summed E-state index contributed by atoms with van der Waals surface area (Å²) in [6.07, 6.45) is 0. The SMILES string of the molecule is Cc1nn(C)c(Cl)c1CNN(C)C. The Bertz CT molecular complexity index is 293. The maximum absolute atomic E-state index is 6.04. The average Bonchev–Trinajstić information content (AvgIpc) is 2.24. The Morgan fingerprint density at radius 1 is 1.54 bits per heavy atom. The molecule has 0 spiro atoms. The molecule has 4 nitrogen and oxygen atoms in total. The molecule has 5 heteroatoms. The molecule has 0 bridgehead atoms. The van der Waals surface area contributed by atoms with E-state index in [2.05, 4.69) is 10.5 Å². The Kier molecular flexibility index (Phi) is 3.30. The summed E-state index contributed by atoms with van der Waals surface area (Å²) in [5.74, 6) is 0. The summed E-state index contributed by atoms with van der Waals surface area (Å²) in [6, 6.07) is 0. The van der Waals surface area contributed by atoms with Gasteiger partial charge in [0.15, 0.2) is 0 Å². The van der Waals surface area contributed by atoms with Crippen LogP contribution in [-0.4, -0.2) is 28.9 Å². The molecule has 74 valence electrons. The van der Waals surface area contributed by atoms with E-state index in [0.717, 1.165) is 11.3 Å². The fraction of sp³-hybridized carbons (Fsp3) is 0.625. The lowest BCUT2D eigenvalue weighted by Crippen LogP contribution is -2.29. The second-order valence-corrected chi connectivity index (χ2v) is 3.57. The van der Waals surface area contributed by atoms with Gasteiger partial charge < -0.3 is 0 Å². The van der Waals surface area contributed by atoms with E-state index in [4.69, 9.17) is 11.6 Å². The van der Waals surface area contributed by atoms with Crippen molar-refractivity contribution in [2.24, 2.45) is 7.05 Å². The van der Waals surface area contributed by atoms with Gasteiger partial charge in [0.1, 0.15) is 5.15 Å². The molecular formula is C8H15ClN4. The highest BCUT2D eigenvalue weighted by Gasteiger charge is 2.10. The molecule has 1 aromatic heterocycles. The van der Waals surface area contributed by atoms with Crippen LogP contribution in [0.1, 0.15) is 11.3 Å². The number of rotatable bonds is 3. The first-order valence-electron chi connectivity index (χ1n) is 4.11. The maximum atomic E-state index is 6.04. The summed E-state index contributed by atoms with van der Waals surface area (Å²) in [5.41, 5.74) is 5.18. The Labute approximate surface area is 83.4 Å². The lowest BCUT2D eigenvalue weighted by Gasteiger charge is -2.11. The van der Waals surface area contributed by atoms with Crippen molar-refractivity contribution in [1.29, 1.82) is 0 Å². The average molecular weight is 203 g/mol.